The lowest BCUT2D eigenvalue weighted by molar-refractivity contribution is -0.0959. The molecule has 0 aromatic heterocycles. The molecule has 0 bridgehead atoms. The molecule has 0 spiro atoms. The first-order valence-electron chi connectivity index (χ1n) is 11.0. The number of hydrogen-bond donors (Lipinski definition) is 0. The van der Waals surface area contributed by atoms with Crippen LogP contribution in [0.1, 0.15) is 37.0 Å². The summed E-state index contributed by atoms with van der Waals surface area (Å²) in [5.74, 6) is 0. The number of rotatable bonds is 7. The van der Waals surface area contributed by atoms with E-state index in [1.165, 1.54) is 0 Å². The highest BCUT2D eigenvalue weighted by Crippen LogP contribution is 2.41. The molecule has 161 valence electrons. The first-order valence-corrected chi connectivity index (χ1v) is 11.0. The van der Waals surface area contributed by atoms with Gasteiger partial charge in [-0.15, -0.1) is 0 Å². The Morgan fingerprint density at radius 1 is 0.806 bits per heavy atom. The molecule has 1 unspecified atom stereocenters. The number of nitrogens with zero attached hydrogens (tertiary/aromatic N) is 1. The van der Waals surface area contributed by atoms with Crippen molar-refractivity contribution in [3.8, 4) is 0 Å². The number of ether oxygens (including phenoxy) is 2. The van der Waals surface area contributed by atoms with Gasteiger partial charge in [0.05, 0.1) is 6.10 Å². The smallest absolute Gasteiger partial charge is 0.145 e. The molecule has 0 saturated carbocycles. The molecule has 31 heavy (non-hydrogen) atoms. The summed E-state index contributed by atoms with van der Waals surface area (Å²) < 4.78 is 12.6. The summed E-state index contributed by atoms with van der Waals surface area (Å²) in [6.45, 7) is 5.91. The highest BCUT2D eigenvalue weighted by Gasteiger charge is 2.41. The summed E-state index contributed by atoms with van der Waals surface area (Å²) in [5, 5.41) is 0. The second-order valence-electron chi connectivity index (χ2n) is 8.70. The Kier molecular flexibility index (Phi) is 6.57. The van der Waals surface area contributed by atoms with Gasteiger partial charge in [0.15, 0.2) is 0 Å². The van der Waals surface area contributed by atoms with Crippen molar-refractivity contribution in [1.29, 1.82) is 0 Å². The van der Waals surface area contributed by atoms with Crippen LogP contribution < -0.4 is 0 Å². The van der Waals surface area contributed by atoms with Crippen molar-refractivity contribution in [2.45, 2.75) is 37.5 Å². The summed E-state index contributed by atoms with van der Waals surface area (Å²) >= 11 is 0. The van der Waals surface area contributed by atoms with E-state index < -0.39 is 5.60 Å². The maximum atomic E-state index is 7.00. The number of methoxy groups -OCH3 is 1. The molecule has 1 heterocycles. The zero-order chi connectivity index (χ0) is 21.7. The fraction of sp³-hybridized carbons (Fsp3) is 0.321. The maximum Gasteiger partial charge on any atom is 0.145 e. The van der Waals surface area contributed by atoms with Crippen molar-refractivity contribution in [2.24, 2.45) is 0 Å². The van der Waals surface area contributed by atoms with Gasteiger partial charge in [-0.3, -0.25) is 4.90 Å². The number of likely N-dealkylation sites (tertiary alicyclic amines) is 1. The minimum atomic E-state index is -0.696. The first kappa shape index (κ1) is 21.8. The van der Waals surface area contributed by atoms with Crippen LogP contribution in [-0.2, 0) is 15.1 Å². The molecule has 1 aliphatic heterocycles. The van der Waals surface area contributed by atoms with Gasteiger partial charge in [0.2, 0.25) is 0 Å². The molecule has 1 atom stereocenters. The highest BCUT2D eigenvalue weighted by atomic mass is 16.5. The van der Waals surface area contributed by atoms with Crippen LogP contribution in [0.25, 0.3) is 0 Å². The second kappa shape index (κ2) is 9.35. The molecule has 0 N–H and O–H groups in total. The third kappa shape index (κ3) is 4.45. The number of piperidine rings is 1. The molecular weight excluding hydrogens is 382 g/mol. The molecule has 0 aliphatic carbocycles. The predicted octanol–water partition coefficient (Wildman–Crippen LogP) is 5.66. The van der Waals surface area contributed by atoms with Gasteiger partial charge in [0, 0.05) is 25.6 Å². The van der Waals surface area contributed by atoms with Gasteiger partial charge in [-0.1, -0.05) is 91.0 Å². The summed E-state index contributed by atoms with van der Waals surface area (Å²) in [7, 11) is 1.79. The lowest BCUT2D eigenvalue weighted by Gasteiger charge is -2.46. The van der Waals surface area contributed by atoms with E-state index >= 15 is 0 Å². The Morgan fingerprint density at radius 2 is 1.26 bits per heavy atom. The minimum absolute atomic E-state index is 0.116. The van der Waals surface area contributed by atoms with E-state index in [9.17, 15) is 0 Å². The van der Waals surface area contributed by atoms with Crippen molar-refractivity contribution in [2.75, 3.05) is 20.4 Å². The molecule has 0 amide bonds. The number of hydrogen-bond acceptors (Lipinski definition) is 3. The van der Waals surface area contributed by atoms with E-state index in [4.69, 9.17) is 9.47 Å². The zero-order valence-corrected chi connectivity index (χ0v) is 18.7. The van der Waals surface area contributed by atoms with E-state index in [1.54, 1.807) is 7.11 Å². The monoisotopic (exact) mass is 414 g/mol. The van der Waals surface area contributed by atoms with E-state index in [-0.39, 0.29) is 11.6 Å². The molecule has 1 aliphatic rings. The van der Waals surface area contributed by atoms with Crippen molar-refractivity contribution in [1.82, 2.24) is 4.90 Å². The number of benzene rings is 3. The quantitative estimate of drug-likeness (QED) is 0.466. The highest BCUT2D eigenvalue weighted by molar-refractivity contribution is 5.47. The van der Waals surface area contributed by atoms with Crippen molar-refractivity contribution >= 4 is 0 Å². The van der Waals surface area contributed by atoms with Crippen LogP contribution in [0.4, 0.5) is 0 Å². The van der Waals surface area contributed by atoms with Gasteiger partial charge in [0.1, 0.15) is 12.3 Å². The predicted molar refractivity (Wildman–Crippen MR) is 126 cm³/mol. The Hall–Kier alpha value is -2.46. The Labute approximate surface area is 186 Å². The lowest BCUT2D eigenvalue weighted by atomic mass is 9.80. The third-order valence-electron chi connectivity index (χ3n) is 6.37. The SMILES string of the molecule is COC1[CH]C(C)(C)N(COC(c2ccccc2)(c2ccccc2)c2ccccc2)CC1. The van der Waals surface area contributed by atoms with Gasteiger partial charge in [-0.05, 0) is 37.0 Å². The Balaban J connectivity index is 1.76. The van der Waals surface area contributed by atoms with Gasteiger partial charge in [-0.25, -0.2) is 0 Å². The largest absolute Gasteiger partial charge is 0.381 e. The van der Waals surface area contributed by atoms with Crippen LogP contribution in [0, 0.1) is 6.42 Å². The molecular formula is C28H32NO2. The van der Waals surface area contributed by atoms with E-state index in [2.05, 4.69) is 116 Å². The van der Waals surface area contributed by atoms with Gasteiger partial charge in [-0.2, -0.15) is 0 Å². The molecule has 3 heteroatoms. The summed E-state index contributed by atoms with van der Waals surface area (Å²) in [6.07, 6.45) is 3.45. The normalized spacial score (nSPS) is 19.3. The fourth-order valence-electron chi connectivity index (χ4n) is 4.58. The van der Waals surface area contributed by atoms with E-state index in [0.717, 1.165) is 29.7 Å². The molecule has 3 aromatic rings. The van der Waals surface area contributed by atoms with Crippen molar-refractivity contribution in [3.05, 3.63) is 114 Å². The standard InChI is InChI=1S/C28H32NO2/c1-27(2)21-26(30-3)19-20-29(27)22-31-28(23-13-7-4-8-14-23,24-15-9-5-10-16-24)25-17-11-6-12-18-25/h4-18,21,26H,19-20,22H2,1-3H3. The average molecular weight is 415 g/mol. The van der Waals surface area contributed by atoms with Crippen molar-refractivity contribution in [3.63, 3.8) is 0 Å². The fourth-order valence-corrected chi connectivity index (χ4v) is 4.58. The lowest BCUT2D eigenvalue weighted by Crippen LogP contribution is -2.54. The Morgan fingerprint density at radius 3 is 1.65 bits per heavy atom. The average Bonchev–Trinajstić information content (AvgIpc) is 2.82. The summed E-state index contributed by atoms with van der Waals surface area (Å²) in [4.78, 5) is 2.39. The van der Waals surface area contributed by atoms with Crippen LogP contribution >= 0.6 is 0 Å². The van der Waals surface area contributed by atoms with Crippen LogP contribution in [-0.4, -0.2) is 36.9 Å². The summed E-state index contributed by atoms with van der Waals surface area (Å²) in [5.41, 5.74) is 2.56. The Bertz CT molecular complexity index is 844. The van der Waals surface area contributed by atoms with Gasteiger partial charge in [0.25, 0.3) is 0 Å². The molecule has 4 rings (SSSR count). The third-order valence-corrected chi connectivity index (χ3v) is 6.37. The van der Waals surface area contributed by atoms with Crippen LogP contribution in [0.3, 0.4) is 0 Å². The summed E-state index contributed by atoms with van der Waals surface area (Å²) in [6, 6.07) is 31.6. The van der Waals surface area contributed by atoms with Gasteiger partial charge >= 0.3 is 0 Å². The minimum Gasteiger partial charge on any atom is -0.381 e. The van der Waals surface area contributed by atoms with Crippen LogP contribution in [0.5, 0.6) is 0 Å². The molecule has 1 fully saturated rings. The maximum absolute atomic E-state index is 7.00. The van der Waals surface area contributed by atoms with E-state index in [0.29, 0.717) is 6.73 Å². The molecule has 1 saturated heterocycles. The topological polar surface area (TPSA) is 21.7 Å². The molecule has 1 radical (unpaired) electrons. The zero-order valence-electron chi connectivity index (χ0n) is 18.7. The van der Waals surface area contributed by atoms with Crippen LogP contribution in [0.15, 0.2) is 91.0 Å². The van der Waals surface area contributed by atoms with Crippen molar-refractivity contribution < 1.29 is 9.47 Å². The molecule has 3 aromatic carbocycles. The van der Waals surface area contributed by atoms with E-state index in [1.807, 2.05) is 0 Å². The second-order valence-corrected chi connectivity index (χ2v) is 8.70. The first-order chi connectivity index (χ1) is 15.1. The van der Waals surface area contributed by atoms with Crippen LogP contribution in [0.2, 0.25) is 0 Å². The molecule has 3 nitrogen and oxygen atoms in total. The van der Waals surface area contributed by atoms with Gasteiger partial charge < -0.3 is 9.47 Å².